The molecule has 0 radical (unpaired) electrons. The second-order valence-electron chi connectivity index (χ2n) is 2.96. The molecule has 0 spiro atoms. The van der Waals surface area contributed by atoms with Crippen molar-refractivity contribution in [3.05, 3.63) is 23.3 Å². The predicted octanol–water partition coefficient (Wildman–Crippen LogP) is 1.89. The van der Waals surface area contributed by atoms with Crippen LogP contribution in [0.5, 0.6) is 5.88 Å². The van der Waals surface area contributed by atoms with Crippen LogP contribution in [0.2, 0.25) is 0 Å². The maximum absolute atomic E-state index is 10.5. The minimum atomic E-state index is -0.993. The highest BCUT2D eigenvalue weighted by Crippen LogP contribution is 2.24. The molecular weight excluding hydrogens is 228 g/mol. The molecule has 2 rings (SSSR count). The standard InChI is InChI=1S/C10H10N2O3S/c1-2-15-9-7(3-4-8(13)14)12-5-6-16-10(12)11-9/h3-6H,2H2,1H3,(H,13,14)/b4-3+. The largest absolute Gasteiger partial charge is 0.478 e. The minimum Gasteiger partial charge on any atom is -0.478 e. The Bertz CT molecular complexity index is 541. The number of hydrogen-bond donors (Lipinski definition) is 1. The predicted molar refractivity (Wildman–Crippen MR) is 60.9 cm³/mol. The summed E-state index contributed by atoms with van der Waals surface area (Å²) >= 11 is 1.47. The van der Waals surface area contributed by atoms with Crippen molar-refractivity contribution in [2.24, 2.45) is 0 Å². The Labute approximate surface area is 95.6 Å². The molecule has 0 aliphatic rings. The summed E-state index contributed by atoms with van der Waals surface area (Å²) in [6, 6.07) is 0. The van der Waals surface area contributed by atoms with E-state index in [1.54, 1.807) is 4.40 Å². The molecule has 0 unspecified atom stereocenters. The SMILES string of the molecule is CCOc1nc2sccn2c1/C=C/C(=O)O. The average Bonchev–Trinajstić information content (AvgIpc) is 2.76. The Morgan fingerprint density at radius 2 is 2.56 bits per heavy atom. The third-order valence-electron chi connectivity index (χ3n) is 1.93. The summed E-state index contributed by atoms with van der Waals surface area (Å²) in [6.07, 6.45) is 4.39. The molecule has 0 saturated carbocycles. The molecule has 0 bridgehead atoms. The van der Waals surface area contributed by atoms with Gasteiger partial charge in [0.1, 0.15) is 5.69 Å². The van der Waals surface area contributed by atoms with Gasteiger partial charge >= 0.3 is 5.97 Å². The molecule has 0 atom stereocenters. The average molecular weight is 238 g/mol. The molecule has 6 heteroatoms. The highest BCUT2D eigenvalue weighted by molar-refractivity contribution is 7.15. The molecule has 5 nitrogen and oxygen atoms in total. The second kappa shape index (κ2) is 4.36. The normalized spacial score (nSPS) is 11.3. The number of hydrogen-bond acceptors (Lipinski definition) is 4. The van der Waals surface area contributed by atoms with Crippen molar-refractivity contribution >= 4 is 28.3 Å². The lowest BCUT2D eigenvalue weighted by atomic mass is 10.4. The molecule has 16 heavy (non-hydrogen) atoms. The van der Waals surface area contributed by atoms with Crippen LogP contribution in [0.15, 0.2) is 17.7 Å². The number of aromatic nitrogens is 2. The van der Waals surface area contributed by atoms with Crippen molar-refractivity contribution in [3.8, 4) is 5.88 Å². The Morgan fingerprint density at radius 1 is 1.75 bits per heavy atom. The summed E-state index contributed by atoms with van der Waals surface area (Å²) in [5.41, 5.74) is 0.653. The molecule has 1 N–H and O–H groups in total. The summed E-state index contributed by atoms with van der Waals surface area (Å²) in [6.45, 7) is 2.36. The molecule has 0 aliphatic heterocycles. The van der Waals surface area contributed by atoms with Crippen LogP contribution in [0.4, 0.5) is 0 Å². The number of carbonyl (C=O) groups is 1. The van der Waals surface area contributed by atoms with E-state index >= 15 is 0 Å². The number of ether oxygens (including phenoxy) is 1. The fourth-order valence-corrected chi connectivity index (χ4v) is 2.04. The number of rotatable bonds is 4. The van der Waals surface area contributed by atoms with Crippen LogP contribution in [-0.2, 0) is 4.79 Å². The van der Waals surface area contributed by atoms with Gasteiger partial charge in [0.2, 0.25) is 5.88 Å². The van der Waals surface area contributed by atoms with Crippen LogP contribution >= 0.6 is 11.3 Å². The van der Waals surface area contributed by atoms with E-state index in [1.807, 2.05) is 18.5 Å². The van der Waals surface area contributed by atoms with Gasteiger partial charge in [0.05, 0.1) is 6.61 Å². The van der Waals surface area contributed by atoms with Gasteiger partial charge in [-0.1, -0.05) is 0 Å². The molecule has 0 saturated heterocycles. The number of thiazole rings is 1. The maximum atomic E-state index is 10.5. The van der Waals surface area contributed by atoms with Crippen molar-refractivity contribution in [2.75, 3.05) is 6.61 Å². The fraction of sp³-hybridized carbons (Fsp3) is 0.200. The Morgan fingerprint density at radius 3 is 3.25 bits per heavy atom. The van der Waals surface area contributed by atoms with E-state index in [1.165, 1.54) is 17.4 Å². The lowest BCUT2D eigenvalue weighted by Crippen LogP contribution is -1.95. The highest BCUT2D eigenvalue weighted by Gasteiger charge is 2.11. The molecule has 2 aromatic heterocycles. The van der Waals surface area contributed by atoms with E-state index in [-0.39, 0.29) is 0 Å². The number of aliphatic carboxylic acids is 1. The van der Waals surface area contributed by atoms with Crippen LogP contribution in [0, 0.1) is 0 Å². The molecule has 0 fully saturated rings. The highest BCUT2D eigenvalue weighted by atomic mass is 32.1. The Balaban J connectivity index is 2.48. The number of nitrogens with zero attached hydrogens (tertiary/aromatic N) is 2. The van der Waals surface area contributed by atoms with Gasteiger partial charge in [0, 0.05) is 17.7 Å². The van der Waals surface area contributed by atoms with Crippen LogP contribution in [0.3, 0.4) is 0 Å². The van der Waals surface area contributed by atoms with E-state index in [0.717, 1.165) is 11.0 Å². The van der Waals surface area contributed by atoms with Crippen LogP contribution < -0.4 is 4.74 Å². The van der Waals surface area contributed by atoms with Crippen LogP contribution in [-0.4, -0.2) is 27.1 Å². The van der Waals surface area contributed by atoms with E-state index in [4.69, 9.17) is 9.84 Å². The van der Waals surface area contributed by atoms with Crippen LogP contribution in [0.1, 0.15) is 12.6 Å². The lowest BCUT2D eigenvalue weighted by Gasteiger charge is -1.99. The second-order valence-corrected chi connectivity index (χ2v) is 3.84. The Kier molecular flexibility index (Phi) is 2.91. The molecule has 0 aliphatic carbocycles. The topological polar surface area (TPSA) is 63.8 Å². The maximum Gasteiger partial charge on any atom is 0.328 e. The molecule has 0 aromatic carbocycles. The number of fused-ring (bicyclic) bond motifs is 1. The van der Waals surface area contributed by atoms with E-state index in [2.05, 4.69) is 4.98 Å². The number of carboxylic acid groups (broad SMARTS) is 1. The summed E-state index contributed by atoms with van der Waals surface area (Å²) in [5.74, 6) is -0.528. The van der Waals surface area contributed by atoms with Crippen molar-refractivity contribution in [3.63, 3.8) is 0 Å². The van der Waals surface area contributed by atoms with E-state index in [0.29, 0.717) is 18.2 Å². The molecular formula is C10H10N2O3S. The quantitative estimate of drug-likeness (QED) is 0.826. The molecule has 2 heterocycles. The first kappa shape index (κ1) is 10.7. The first-order valence-corrected chi connectivity index (χ1v) is 5.59. The van der Waals surface area contributed by atoms with Crippen molar-refractivity contribution in [2.45, 2.75) is 6.92 Å². The van der Waals surface area contributed by atoms with Crippen molar-refractivity contribution in [1.82, 2.24) is 9.38 Å². The molecule has 84 valence electrons. The zero-order chi connectivity index (χ0) is 11.5. The van der Waals surface area contributed by atoms with Crippen molar-refractivity contribution in [1.29, 1.82) is 0 Å². The van der Waals surface area contributed by atoms with Crippen LogP contribution in [0.25, 0.3) is 11.0 Å². The first-order chi connectivity index (χ1) is 7.72. The van der Waals surface area contributed by atoms with Gasteiger partial charge in [-0.25, -0.2) is 4.79 Å². The van der Waals surface area contributed by atoms with E-state index < -0.39 is 5.97 Å². The fourth-order valence-electron chi connectivity index (χ4n) is 1.33. The monoisotopic (exact) mass is 238 g/mol. The van der Waals surface area contributed by atoms with Gasteiger partial charge in [0.15, 0.2) is 4.96 Å². The number of imidazole rings is 1. The first-order valence-electron chi connectivity index (χ1n) is 4.71. The third-order valence-corrected chi connectivity index (χ3v) is 2.69. The summed E-state index contributed by atoms with van der Waals surface area (Å²) in [4.78, 5) is 15.5. The summed E-state index contributed by atoms with van der Waals surface area (Å²) in [5, 5.41) is 10.5. The number of carboxylic acids is 1. The van der Waals surface area contributed by atoms with Gasteiger partial charge < -0.3 is 9.84 Å². The van der Waals surface area contributed by atoms with Gasteiger partial charge in [-0.2, -0.15) is 4.98 Å². The summed E-state index contributed by atoms with van der Waals surface area (Å²) < 4.78 is 7.14. The van der Waals surface area contributed by atoms with Gasteiger partial charge in [0.25, 0.3) is 0 Å². The molecule has 0 amide bonds. The zero-order valence-corrected chi connectivity index (χ0v) is 9.40. The molecule has 2 aromatic rings. The lowest BCUT2D eigenvalue weighted by molar-refractivity contribution is -0.131. The van der Waals surface area contributed by atoms with Gasteiger partial charge in [-0.15, -0.1) is 11.3 Å². The van der Waals surface area contributed by atoms with Gasteiger partial charge in [-0.3, -0.25) is 4.40 Å². The third kappa shape index (κ3) is 1.92. The van der Waals surface area contributed by atoms with Crippen molar-refractivity contribution < 1.29 is 14.6 Å². The van der Waals surface area contributed by atoms with Gasteiger partial charge in [-0.05, 0) is 13.0 Å². The summed E-state index contributed by atoms with van der Waals surface area (Å²) in [7, 11) is 0. The van der Waals surface area contributed by atoms with E-state index in [9.17, 15) is 4.79 Å². The smallest absolute Gasteiger partial charge is 0.328 e. The Hall–Kier alpha value is -1.82. The zero-order valence-electron chi connectivity index (χ0n) is 8.58. The minimum absolute atomic E-state index is 0.465.